The minimum absolute atomic E-state index is 0.0581. The fourth-order valence-corrected chi connectivity index (χ4v) is 4.26. The molecule has 3 amide bonds. The van der Waals surface area contributed by atoms with Crippen molar-refractivity contribution in [3.05, 3.63) is 70.8 Å². The number of halogens is 3. The van der Waals surface area contributed by atoms with Gasteiger partial charge in [-0.25, -0.2) is 0 Å². The van der Waals surface area contributed by atoms with Crippen LogP contribution in [-0.2, 0) is 11.0 Å². The van der Waals surface area contributed by atoms with Gasteiger partial charge in [-0.3, -0.25) is 14.4 Å². The topological polar surface area (TPSA) is 78.5 Å². The Labute approximate surface area is 209 Å². The number of likely N-dealkylation sites (tertiary alicyclic amines) is 1. The molecule has 194 valence electrons. The second kappa shape index (κ2) is 11.6. The van der Waals surface area contributed by atoms with Gasteiger partial charge in [-0.05, 0) is 75.4 Å². The number of amides is 3. The monoisotopic (exact) mass is 503 g/mol. The van der Waals surface area contributed by atoms with Gasteiger partial charge >= 0.3 is 6.18 Å². The molecular weight excluding hydrogens is 471 g/mol. The maximum atomic E-state index is 13.1. The molecule has 3 rings (SSSR count). The van der Waals surface area contributed by atoms with E-state index in [1.165, 1.54) is 12.1 Å². The Kier molecular flexibility index (Phi) is 8.76. The van der Waals surface area contributed by atoms with Crippen LogP contribution in [0.3, 0.4) is 0 Å². The van der Waals surface area contributed by atoms with E-state index >= 15 is 0 Å². The lowest BCUT2D eigenvalue weighted by Crippen LogP contribution is -2.55. The van der Waals surface area contributed by atoms with E-state index in [9.17, 15) is 27.6 Å². The van der Waals surface area contributed by atoms with Gasteiger partial charge in [0.05, 0.1) is 5.56 Å². The van der Waals surface area contributed by atoms with Crippen molar-refractivity contribution in [3.63, 3.8) is 0 Å². The van der Waals surface area contributed by atoms with Crippen molar-refractivity contribution in [2.45, 2.75) is 58.3 Å². The third-order valence-corrected chi connectivity index (χ3v) is 6.61. The molecule has 1 aliphatic rings. The van der Waals surface area contributed by atoms with Crippen LogP contribution in [0, 0.1) is 12.8 Å². The van der Waals surface area contributed by atoms with E-state index in [1.54, 1.807) is 23.1 Å². The first-order valence-corrected chi connectivity index (χ1v) is 12.1. The number of carbonyl (C=O) groups excluding carboxylic acids is 3. The molecule has 6 nitrogen and oxygen atoms in total. The quantitative estimate of drug-likeness (QED) is 0.581. The Morgan fingerprint density at radius 3 is 2.19 bits per heavy atom. The molecule has 0 spiro atoms. The summed E-state index contributed by atoms with van der Waals surface area (Å²) in [6.07, 6.45) is -2.78. The highest BCUT2D eigenvalue weighted by molar-refractivity contribution is 5.98. The second-order valence-corrected chi connectivity index (χ2v) is 9.34. The number of nitrogens with one attached hydrogen (secondary N) is 2. The second-order valence-electron chi connectivity index (χ2n) is 9.34. The number of hydrogen-bond donors (Lipinski definition) is 2. The van der Waals surface area contributed by atoms with E-state index in [-0.39, 0.29) is 35.2 Å². The summed E-state index contributed by atoms with van der Waals surface area (Å²) in [5.41, 5.74) is 0.766. The van der Waals surface area contributed by atoms with Crippen molar-refractivity contribution in [2.24, 2.45) is 5.92 Å². The van der Waals surface area contributed by atoms with E-state index in [0.29, 0.717) is 31.5 Å². The minimum Gasteiger partial charge on any atom is -0.352 e. The number of rotatable bonds is 7. The van der Waals surface area contributed by atoms with Crippen LogP contribution in [0.1, 0.15) is 65.0 Å². The summed E-state index contributed by atoms with van der Waals surface area (Å²) >= 11 is 0. The molecule has 1 heterocycles. The van der Waals surface area contributed by atoms with Crippen molar-refractivity contribution in [2.75, 3.05) is 13.1 Å². The number of alkyl halides is 3. The molecule has 2 N–H and O–H groups in total. The molecule has 2 aromatic carbocycles. The minimum atomic E-state index is -4.46. The van der Waals surface area contributed by atoms with Crippen LogP contribution >= 0.6 is 0 Å². The molecule has 0 saturated carbocycles. The van der Waals surface area contributed by atoms with Gasteiger partial charge in [0.25, 0.3) is 11.8 Å². The summed E-state index contributed by atoms with van der Waals surface area (Å²) in [5.74, 6) is -1.16. The molecule has 36 heavy (non-hydrogen) atoms. The third-order valence-electron chi connectivity index (χ3n) is 6.61. The molecule has 0 radical (unpaired) electrons. The Morgan fingerprint density at radius 1 is 1.00 bits per heavy atom. The molecule has 1 fully saturated rings. The zero-order valence-electron chi connectivity index (χ0n) is 20.7. The zero-order valence-corrected chi connectivity index (χ0v) is 20.7. The lowest BCUT2D eigenvalue weighted by Gasteiger charge is -2.36. The van der Waals surface area contributed by atoms with Crippen molar-refractivity contribution in [3.8, 4) is 0 Å². The molecule has 0 bridgehead atoms. The van der Waals surface area contributed by atoms with Gasteiger partial charge < -0.3 is 15.5 Å². The summed E-state index contributed by atoms with van der Waals surface area (Å²) in [5, 5.41) is 5.84. The predicted octanol–water partition coefficient (Wildman–Crippen LogP) is 4.58. The van der Waals surface area contributed by atoms with Crippen molar-refractivity contribution >= 4 is 17.7 Å². The fourth-order valence-electron chi connectivity index (χ4n) is 4.26. The highest BCUT2D eigenvalue weighted by Gasteiger charge is 2.35. The number of benzene rings is 2. The molecule has 2 atom stereocenters. The van der Waals surface area contributed by atoms with E-state index in [2.05, 4.69) is 10.6 Å². The largest absolute Gasteiger partial charge is 0.416 e. The van der Waals surface area contributed by atoms with Gasteiger partial charge in [0.15, 0.2) is 0 Å². The summed E-state index contributed by atoms with van der Waals surface area (Å²) in [7, 11) is 0. The molecule has 9 heteroatoms. The van der Waals surface area contributed by atoms with E-state index in [4.69, 9.17) is 0 Å². The first-order valence-electron chi connectivity index (χ1n) is 12.1. The normalized spacial score (nSPS) is 16.2. The Hall–Kier alpha value is -3.36. The molecule has 0 unspecified atom stereocenters. The van der Waals surface area contributed by atoms with E-state index in [1.807, 2.05) is 26.8 Å². The summed E-state index contributed by atoms with van der Waals surface area (Å²) in [6.45, 7) is 6.39. The SMILES string of the molecule is CC[C@H](C)NC(=O)[C@H](NC(=O)c1cccc(C)c1)C1CCN(C(=O)c2ccc(C(F)(F)F)cc2)CC1. The van der Waals surface area contributed by atoms with Gasteiger partial charge in [0.1, 0.15) is 6.04 Å². The van der Waals surface area contributed by atoms with Crippen LogP contribution in [0.4, 0.5) is 13.2 Å². The van der Waals surface area contributed by atoms with Crippen LogP contribution in [0.25, 0.3) is 0 Å². The van der Waals surface area contributed by atoms with E-state index in [0.717, 1.165) is 24.1 Å². The first kappa shape index (κ1) is 27.2. The molecular formula is C27H32F3N3O3. The summed E-state index contributed by atoms with van der Waals surface area (Å²) < 4.78 is 38.5. The Morgan fingerprint density at radius 2 is 1.64 bits per heavy atom. The van der Waals surface area contributed by atoms with E-state index < -0.39 is 17.8 Å². The number of carbonyl (C=O) groups is 3. The van der Waals surface area contributed by atoms with Crippen LogP contribution in [0.5, 0.6) is 0 Å². The highest BCUT2D eigenvalue weighted by atomic mass is 19.4. The fraction of sp³-hybridized carbons (Fsp3) is 0.444. The third kappa shape index (κ3) is 6.86. The smallest absolute Gasteiger partial charge is 0.352 e. The van der Waals surface area contributed by atoms with Gasteiger partial charge in [-0.15, -0.1) is 0 Å². The Bertz CT molecular complexity index is 1080. The van der Waals surface area contributed by atoms with Gasteiger partial charge in [0.2, 0.25) is 5.91 Å². The summed E-state index contributed by atoms with van der Waals surface area (Å²) in [4.78, 5) is 40.4. The molecule has 0 aliphatic carbocycles. The Balaban J connectivity index is 1.69. The first-order chi connectivity index (χ1) is 17.0. The number of aryl methyl sites for hydroxylation is 1. The summed E-state index contributed by atoms with van der Waals surface area (Å²) in [6, 6.07) is 10.4. The number of nitrogens with zero attached hydrogens (tertiary/aromatic N) is 1. The average molecular weight is 504 g/mol. The molecule has 1 aliphatic heterocycles. The number of hydrogen-bond acceptors (Lipinski definition) is 3. The predicted molar refractivity (Wildman–Crippen MR) is 130 cm³/mol. The van der Waals surface area contributed by atoms with Gasteiger partial charge in [-0.1, -0.05) is 24.6 Å². The standard InChI is InChI=1S/C27H32F3N3O3/c1-4-18(3)31-25(35)23(32-24(34)21-7-5-6-17(2)16-21)19-12-14-33(15-13-19)26(36)20-8-10-22(11-9-20)27(28,29)30/h5-11,16,18-19,23H,4,12-15H2,1-3H3,(H,31,35)(H,32,34)/t18-,23+/m0/s1. The zero-order chi connectivity index (χ0) is 26.5. The highest BCUT2D eigenvalue weighted by Crippen LogP contribution is 2.29. The maximum Gasteiger partial charge on any atom is 0.416 e. The van der Waals surface area contributed by atoms with Crippen molar-refractivity contribution in [1.82, 2.24) is 15.5 Å². The van der Waals surface area contributed by atoms with Crippen molar-refractivity contribution < 1.29 is 27.6 Å². The number of piperidine rings is 1. The maximum absolute atomic E-state index is 13.1. The van der Waals surface area contributed by atoms with Crippen LogP contribution < -0.4 is 10.6 Å². The average Bonchev–Trinajstić information content (AvgIpc) is 2.86. The van der Waals surface area contributed by atoms with Crippen molar-refractivity contribution in [1.29, 1.82) is 0 Å². The van der Waals surface area contributed by atoms with Crippen LogP contribution in [-0.4, -0.2) is 47.8 Å². The molecule has 1 saturated heterocycles. The lowest BCUT2D eigenvalue weighted by molar-refractivity contribution is -0.137. The van der Waals surface area contributed by atoms with Gasteiger partial charge in [0, 0.05) is 30.3 Å². The lowest BCUT2D eigenvalue weighted by atomic mass is 9.88. The van der Waals surface area contributed by atoms with Gasteiger partial charge in [-0.2, -0.15) is 13.2 Å². The van der Waals surface area contributed by atoms with Crippen LogP contribution in [0.2, 0.25) is 0 Å². The molecule has 2 aromatic rings. The molecule has 0 aromatic heterocycles. The van der Waals surface area contributed by atoms with Crippen LogP contribution in [0.15, 0.2) is 48.5 Å².